The van der Waals surface area contributed by atoms with Gasteiger partial charge in [0.05, 0.1) is 0 Å². The summed E-state index contributed by atoms with van der Waals surface area (Å²) in [5, 5.41) is 0. The van der Waals surface area contributed by atoms with Crippen LogP contribution in [0.15, 0.2) is 71.8 Å². The smallest absolute Gasteiger partial charge is 0.307 e. The first-order chi connectivity index (χ1) is 19.7. The van der Waals surface area contributed by atoms with Gasteiger partial charge in [0.15, 0.2) is 0 Å². The minimum Gasteiger partial charge on any atom is -0.348 e. The third-order valence-corrected chi connectivity index (χ3v) is 7.64. The van der Waals surface area contributed by atoms with E-state index in [0.717, 1.165) is 50.5 Å². The summed E-state index contributed by atoms with van der Waals surface area (Å²) in [6, 6.07) is 18.3. The topological polar surface area (TPSA) is 36.4 Å². The van der Waals surface area contributed by atoms with Gasteiger partial charge in [-0.05, 0) is 84.4 Å². The first kappa shape index (κ1) is 33.3. The van der Waals surface area contributed by atoms with Crippen molar-refractivity contribution in [3.63, 3.8) is 0 Å². The Kier molecular flexibility index (Phi) is 17.4. The molecule has 0 aliphatic rings. The highest BCUT2D eigenvalue weighted by Crippen LogP contribution is 2.34. The van der Waals surface area contributed by atoms with Crippen molar-refractivity contribution in [1.82, 2.24) is 0 Å². The van der Waals surface area contributed by atoms with Crippen LogP contribution in [0.1, 0.15) is 140 Å². The third-order valence-electron chi connectivity index (χ3n) is 7.64. The molecule has 2 aromatic rings. The van der Waals surface area contributed by atoms with Crippen molar-refractivity contribution < 1.29 is 4.79 Å². The Labute approximate surface area is 245 Å². The Morgan fingerprint density at radius 2 is 1.25 bits per heavy atom. The average molecular weight is 539 g/mol. The molecule has 0 spiro atoms. The van der Waals surface area contributed by atoms with E-state index in [4.69, 9.17) is 0 Å². The first-order valence-electron chi connectivity index (χ1n) is 16.2. The fraction of sp³-hybridized carbons (Fsp3) is 0.526. The van der Waals surface area contributed by atoms with Crippen molar-refractivity contribution >= 4 is 11.4 Å². The van der Waals surface area contributed by atoms with Crippen LogP contribution in [0.2, 0.25) is 0 Å². The van der Waals surface area contributed by atoms with Gasteiger partial charge in [-0.25, -0.2) is 0 Å². The highest BCUT2D eigenvalue weighted by molar-refractivity contribution is 5.88. The van der Waals surface area contributed by atoms with Crippen molar-refractivity contribution in [3.05, 3.63) is 99.6 Å². The summed E-state index contributed by atoms with van der Waals surface area (Å²) < 4.78 is 0. The van der Waals surface area contributed by atoms with E-state index in [1.807, 2.05) is 0 Å². The lowest BCUT2D eigenvalue weighted by Gasteiger charge is -2.18. The monoisotopic (exact) mass is 538 g/mol. The number of nitrogens with zero attached hydrogens (tertiary/aromatic N) is 2. The summed E-state index contributed by atoms with van der Waals surface area (Å²) in [6.45, 7) is 8.96. The second kappa shape index (κ2) is 20.9. The van der Waals surface area contributed by atoms with E-state index in [9.17, 15) is 5.53 Å². The van der Waals surface area contributed by atoms with Crippen LogP contribution in [-0.4, -0.2) is 10.7 Å². The maximum atomic E-state index is 9.61. The molecule has 0 saturated carbocycles. The third kappa shape index (κ3) is 12.1. The average Bonchev–Trinajstić information content (AvgIpc) is 2.97. The van der Waals surface area contributed by atoms with Crippen LogP contribution >= 0.6 is 0 Å². The molecule has 0 N–H and O–H groups in total. The number of benzene rings is 2. The van der Waals surface area contributed by atoms with Gasteiger partial charge < -0.3 is 5.53 Å². The van der Waals surface area contributed by atoms with Crippen LogP contribution in [0.3, 0.4) is 0 Å². The summed E-state index contributed by atoms with van der Waals surface area (Å²) >= 11 is 0. The lowest BCUT2D eigenvalue weighted by atomic mass is 9.85. The molecule has 0 radical (unpaired) electrons. The molecule has 0 unspecified atom stereocenters. The number of aryl methyl sites for hydroxylation is 2. The zero-order valence-electron chi connectivity index (χ0n) is 26.0. The van der Waals surface area contributed by atoms with Crippen molar-refractivity contribution in [2.24, 2.45) is 0 Å². The number of hydrogen-bond acceptors (Lipinski definition) is 0. The molecular weight excluding hydrogens is 484 g/mol. The molecule has 0 amide bonds. The van der Waals surface area contributed by atoms with Crippen LogP contribution in [0.4, 0.5) is 0 Å². The van der Waals surface area contributed by atoms with Crippen LogP contribution in [0.5, 0.6) is 0 Å². The maximum absolute atomic E-state index is 9.61. The molecule has 0 aliphatic heterocycles. The highest BCUT2D eigenvalue weighted by atomic mass is 14.8. The molecule has 2 rings (SSSR count). The van der Waals surface area contributed by atoms with Crippen molar-refractivity contribution in [2.75, 3.05) is 0 Å². The van der Waals surface area contributed by atoms with Crippen LogP contribution in [0.25, 0.3) is 11.1 Å². The Bertz CT molecular complexity index is 1140. The Hall–Kier alpha value is -2.92. The number of unbranched alkanes of at least 4 members (excludes halogenated alkanes) is 9. The largest absolute Gasteiger partial charge is 0.348 e. The molecule has 0 heterocycles. The Morgan fingerprint density at radius 3 is 1.82 bits per heavy atom. The van der Waals surface area contributed by atoms with Crippen molar-refractivity contribution in [3.8, 4) is 0 Å². The fourth-order valence-electron chi connectivity index (χ4n) is 5.34. The fourth-order valence-corrected chi connectivity index (χ4v) is 5.34. The normalized spacial score (nSPS) is 11.8. The number of hydrogen-bond donors (Lipinski definition) is 0. The van der Waals surface area contributed by atoms with Gasteiger partial charge in [0.25, 0.3) is 0 Å². The Morgan fingerprint density at radius 1 is 0.700 bits per heavy atom. The summed E-state index contributed by atoms with van der Waals surface area (Å²) in [7, 11) is 0. The molecular formula is C38H54N2. The molecule has 2 heteroatoms. The van der Waals surface area contributed by atoms with Crippen LogP contribution in [0, 0.1) is 0 Å². The summed E-state index contributed by atoms with van der Waals surface area (Å²) in [6.07, 6.45) is 23.3. The van der Waals surface area contributed by atoms with E-state index >= 15 is 0 Å². The molecule has 0 atom stereocenters. The van der Waals surface area contributed by atoms with E-state index in [-0.39, 0.29) is 0 Å². The van der Waals surface area contributed by atoms with Gasteiger partial charge in [0.2, 0.25) is 0 Å². The van der Waals surface area contributed by atoms with E-state index < -0.39 is 0 Å². The predicted molar refractivity (Wildman–Crippen MR) is 175 cm³/mol. The van der Waals surface area contributed by atoms with E-state index in [1.54, 1.807) is 0 Å². The molecule has 2 aromatic carbocycles. The zero-order valence-corrected chi connectivity index (χ0v) is 26.0. The van der Waals surface area contributed by atoms with Crippen LogP contribution < -0.4 is 0 Å². The predicted octanol–water partition coefficient (Wildman–Crippen LogP) is 11.5. The number of allylic oxidation sites excluding steroid dienone is 4. The van der Waals surface area contributed by atoms with Gasteiger partial charge in [0.1, 0.15) is 5.57 Å². The Balaban J connectivity index is 2.63. The van der Waals surface area contributed by atoms with E-state index in [0.29, 0.717) is 0 Å². The quantitative estimate of drug-likeness (QED) is 0.0528. The minimum atomic E-state index is 0.886. The molecule has 216 valence electrons. The summed E-state index contributed by atoms with van der Waals surface area (Å²) in [5.41, 5.74) is 18.3. The van der Waals surface area contributed by atoms with Gasteiger partial charge in [0, 0.05) is 0 Å². The van der Waals surface area contributed by atoms with E-state index in [2.05, 4.69) is 99.0 Å². The van der Waals surface area contributed by atoms with Gasteiger partial charge in [-0.3, -0.25) is 0 Å². The van der Waals surface area contributed by atoms with Gasteiger partial charge in [-0.2, -0.15) is 0 Å². The molecule has 0 saturated heterocycles. The molecule has 0 aromatic heterocycles. The molecule has 0 bridgehead atoms. The van der Waals surface area contributed by atoms with Crippen molar-refractivity contribution in [2.45, 2.75) is 130 Å². The standard InChI is InChI=1S/C38H54N2/c1-5-9-13-14-15-18-22-33-24-20-27-35(30-33)38(34-26-19-23-32(29-34)21-16-10-6-2)37(28-12-8-4)36(31-40-39)25-17-11-7-3/h17,19-20,23-27,29-30H,5-16,18,21-22,28H2,1-4H3. The second-order valence-corrected chi connectivity index (χ2v) is 11.1. The second-order valence-electron chi connectivity index (χ2n) is 11.1. The maximum Gasteiger partial charge on any atom is 0.307 e. The van der Waals surface area contributed by atoms with Crippen LogP contribution in [-0.2, 0) is 12.8 Å². The summed E-state index contributed by atoms with van der Waals surface area (Å²) in [5.74, 6) is 2.95. The summed E-state index contributed by atoms with van der Waals surface area (Å²) in [4.78, 5) is 3.40. The molecule has 40 heavy (non-hydrogen) atoms. The minimum absolute atomic E-state index is 0.886. The molecule has 0 aliphatic carbocycles. The zero-order chi connectivity index (χ0) is 28.8. The lowest BCUT2D eigenvalue weighted by Crippen LogP contribution is -2.01. The van der Waals surface area contributed by atoms with Gasteiger partial charge in [-0.1, -0.05) is 140 Å². The first-order valence-corrected chi connectivity index (χ1v) is 16.2. The van der Waals surface area contributed by atoms with Gasteiger partial charge in [-0.15, -0.1) is 4.79 Å². The SMILES string of the molecule is CCCC=CC(=C=[N+]=[N-])C(CCCC)=C(c1cccc(CCCCC)c1)c1cccc(CCCCCCCC)c1. The number of rotatable bonds is 20. The highest BCUT2D eigenvalue weighted by Gasteiger charge is 2.17. The van der Waals surface area contributed by atoms with Crippen molar-refractivity contribution in [1.29, 1.82) is 0 Å². The van der Waals surface area contributed by atoms with Gasteiger partial charge >= 0.3 is 5.87 Å². The lowest BCUT2D eigenvalue weighted by molar-refractivity contribution is 0.00766. The molecule has 0 fully saturated rings. The molecule has 2 nitrogen and oxygen atoms in total. The van der Waals surface area contributed by atoms with E-state index in [1.165, 1.54) is 91.2 Å².